The number of nitrogens with zero attached hydrogens (tertiary/aromatic N) is 1. The standard InChI is InChI=1S/C55H99NO7/c1-6-8-10-12-14-16-18-20-22-24-25-26-27-28-30-32-34-36-38-40-42-44-46-54(58)63-51(49-61-48-47-52(55(59)60)56(3,4)5)50-62-53(57)45-43-41-39-37-35-33-31-29-23-21-19-17-15-13-11-9-7-2/h21,23,27-28,31,33,37,39,51-52H,6-20,22,24-26,29-30,32,34-36,38,40-50H2,1-5H3/p+1/b23-21+,28-27+,33-31+,39-37+. The number of unbranched alkanes of at least 4 members (excludes halogenated alkanes) is 25. The van der Waals surface area contributed by atoms with Crippen LogP contribution in [0.25, 0.3) is 0 Å². The Kier molecular flexibility index (Phi) is 43.9. The van der Waals surface area contributed by atoms with E-state index in [4.69, 9.17) is 14.2 Å². The predicted octanol–water partition coefficient (Wildman–Crippen LogP) is 15.1. The predicted molar refractivity (Wildman–Crippen MR) is 266 cm³/mol. The summed E-state index contributed by atoms with van der Waals surface area (Å²) >= 11 is 0. The largest absolute Gasteiger partial charge is 0.477 e. The minimum atomic E-state index is -0.881. The third-order valence-electron chi connectivity index (χ3n) is 11.7. The second kappa shape index (κ2) is 45.8. The number of hydrogen-bond donors (Lipinski definition) is 1. The summed E-state index contributed by atoms with van der Waals surface area (Å²) in [5.41, 5.74) is 0. The number of carboxylic acids is 1. The van der Waals surface area contributed by atoms with E-state index in [1.54, 1.807) is 0 Å². The number of carbonyl (C=O) groups is 3. The SMILES string of the molecule is CCCCCCCC/C=C/C/C=C/C/C=C/CCCC(=O)OCC(COCCC(C(=O)O)[N+](C)(C)C)OC(=O)CCCCCCCCC/C=C/CCCCCCCCCCCCC. The Hall–Kier alpha value is -2.71. The van der Waals surface area contributed by atoms with Gasteiger partial charge in [-0.3, -0.25) is 9.59 Å². The van der Waals surface area contributed by atoms with Crippen LogP contribution < -0.4 is 0 Å². The lowest BCUT2D eigenvalue weighted by Crippen LogP contribution is -2.50. The van der Waals surface area contributed by atoms with Gasteiger partial charge in [-0.2, -0.15) is 0 Å². The molecule has 0 aromatic rings. The number of aliphatic carboxylic acids is 1. The Balaban J connectivity index is 4.29. The molecule has 0 rings (SSSR count). The first-order chi connectivity index (χ1) is 30.6. The molecule has 0 amide bonds. The molecule has 0 radical (unpaired) electrons. The zero-order valence-corrected chi connectivity index (χ0v) is 41.8. The molecule has 0 saturated heterocycles. The van der Waals surface area contributed by atoms with Crippen LogP contribution >= 0.6 is 0 Å². The molecule has 2 atom stereocenters. The summed E-state index contributed by atoms with van der Waals surface area (Å²) in [7, 11) is 5.52. The average molecular weight is 887 g/mol. The van der Waals surface area contributed by atoms with Gasteiger partial charge in [-0.05, 0) is 70.6 Å². The Morgan fingerprint density at radius 1 is 0.476 bits per heavy atom. The molecule has 2 unspecified atom stereocenters. The highest BCUT2D eigenvalue weighted by molar-refractivity contribution is 5.72. The van der Waals surface area contributed by atoms with Crippen molar-refractivity contribution in [1.82, 2.24) is 0 Å². The molecule has 0 spiro atoms. The lowest BCUT2D eigenvalue weighted by Gasteiger charge is -2.31. The van der Waals surface area contributed by atoms with Gasteiger partial charge in [0, 0.05) is 19.3 Å². The quantitative estimate of drug-likeness (QED) is 0.0281. The monoisotopic (exact) mass is 887 g/mol. The minimum Gasteiger partial charge on any atom is -0.477 e. The maximum Gasteiger partial charge on any atom is 0.362 e. The molecule has 1 N–H and O–H groups in total. The summed E-state index contributed by atoms with van der Waals surface area (Å²) in [5, 5.41) is 9.65. The number of rotatable bonds is 47. The lowest BCUT2D eigenvalue weighted by molar-refractivity contribution is -0.887. The molecule has 0 fully saturated rings. The molecular weight excluding hydrogens is 787 g/mol. The third kappa shape index (κ3) is 44.3. The summed E-state index contributed by atoms with van der Waals surface area (Å²) in [6.07, 6.45) is 56.0. The Bertz CT molecular complexity index is 1170. The number of allylic oxidation sites excluding steroid dienone is 8. The van der Waals surface area contributed by atoms with Crippen molar-refractivity contribution in [3.8, 4) is 0 Å². The fourth-order valence-electron chi connectivity index (χ4n) is 7.63. The van der Waals surface area contributed by atoms with Crippen LogP contribution in [0.3, 0.4) is 0 Å². The van der Waals surface area contributed by atoms with E-state index in [9.17, 15) is 19.5 Å². The van der Waals surface area contributed by atoms with E-state index in [1.807, 2.05) is 21.1 Å². The van der Waals surface area contributed by atoms with Crippen LogP contribution in [-0.4, -0.2) is 80.6 Å². The fraction of sp³-hybridized carbons (Fsp3) is 0.800. The normalized spacial score (nSPS) is 13.2. The number of carbonyl (C=O) groups excluding carboxylic acids is 2. The van der Waals surface area contributed by atoms with Crippen molar-refractivity contribution < 1.29 is 38.2 Å². The maximum atomic E-state index is 12.8. The lowest BCUT2D eigenvalue weighted by atomic mass is 10.0. The van der Waals surface area contributed by atoms with E-state index < -0.39 is 18.1 Å². The zero-order valence-electron chi connectivity index (χ0n) is 41.8. The van der Waals surface area contributed by atoms with Crippen LogP contribution in [0, 0.1) is 0 Å². The average Bonchev–Trinajstić information content (AvgIpc) is 3.24. The minimum absolute atomic E-state index is 0.0439. The topological polar surface area (TPSA) is 99.1 Å². The smallest absolute Gasteiger partial charge is 0.362 e. The van der Waals surface area contributed by atoms with Gasteiger partial charge >= 0.3 is 17.9 Å². The molecule has 63 heavy (non-hydrogen) atoms. The number of ether oxygens (including phenoxy) is 3. The number of quaternary nitrogens is 1. The van der Waals surface area contributed by atoms with Gasteiger partial charge in [0.05, 0.1) is 34.4 Å². The molecule has 0 saturated carbocycles. The van der Waals surface area contributed by atoms with E-state index in [0.29, 0.717) is 19.3 Å². The molecule has 0 heterocycles. The molecular formula is C55H100NO7+. The van der Waals surface area contributed by atoms with Crippen LogP contribution in [0.5, 0.6) is 0 Å². The van der Waals surface area contributed by atoms with Crippen molar-refractivity contribution >= 4 is 17.9 Å². The van der Waals surface area contributed by atoms with Crippen LogP contribution in [0.1, 0.15) is 232 Å². The van der Waals surface area contributed by atoms with Gasteiger partial charge in [-0.15, -0.1) is 0 Å². The van der Waals surface area contributed by atoms with E-state index in [2.05, 4.69) is 62.5 Å². The van der Waals surface area contributed by atoms with Crippen molar-refractivity contribution in [3.63, 3.8) is 0 Å². The van der Waals surface area contributed by atoms with E-state index in [1.165, 1.54) is 154 Å². The molecule has 0 aliphatic heterocycles. The molecule has 8 heteroatoms. The highest BCUT2D eigenvalue weighted by Gasteiger charge is 2.31. The van der Waals surface area contributed by atoms with Crippen molar-refractivity contribution in [3.05, 3.63) is 48.6 Å². The first-order valence-electron chi connectivity index (χ1n) is 26.2. The van der Waals surface area contributed by atoms with E-state index in [-0.39, 0.29) is 42.7 Å². The molecule has 0 aliphatic rings. The summed E-state index contributed by atoms with van der Waals surface area (Å²) in [5.74, 6) is -1.53. The van der Waals surface area contributed by atoms with Gasteiger partial charge in [0.15, 0.2) is 12.1 Å². The Morgan fingerprint density at radius 2 is 0.857 bits per heavy atom. The number of hydrogen-bond acceptors (Lipinski definition) is 6. The second-order valence-electron chi connectivity index (χ2n) is 18.8. The number of carboxylic acid groups (broad SMARTS) is 1. The van der Waals surface area contributed by atoms with E-state index in [0.717, 1.165) is 38.5 Å². The van der Waals surface area contributed by atoms with Gasteiger partial charge < -0.3 is 23.8 Å². The zero-order chi connectivity index (χ0) is 46.3. The van der Waals surface area contributed by atoms with E-state index >= 15 is 0 Å². The van der Waals surface area contributed by atoms with Crippen LogP contribution in [0.15, 0.2) is 48.6 Å². The van der Waals surface area contributed by atoms with Gasteiger partial charge in [-0.1, -0.05) is 191 Å². The Morgan fingerprint density at radius 3 is 1.30 bits per heavy atom. The number of likely N-dealkylation sites (N-methyl/N-ethyl adjacent to an activating group) is 1. The van der Waals surface area contributed by atoms with Gasteiger partial charge in [-0.25, -0.2) is 4.79 Å². The van der Waals surface area contributed by atoms with Gasteiger partial charge in [0.1, 0.15) is 6.61 Å². The molecule has 0 aliphatic carbocycles. The van der Waals surface area contributed by atoms with Crippen molar-refractivity contribution in [1.29, 1.82) is 0 Å². The molecule has 366 valence electrons. The molecule has 0 aromatic carbocycles. The summed E-state index contributed by atoms with van der Waals surface area (Å²) in [6, 6.07) is -0.624. The fourth-order valence-corrected chi connectivity index (χ4v) is 7.63. The number of esters is 2. The first-order valence-corrected chi connectivity index (χ1v) is 26.2. The van der Waals surface area contributed by atoms with Crippen LogP contribution in [-0.2, 0) is 28.6 Å². The molecule has 8 nitrogen and oxygen atoms in total. The summed E-state index contributed by atoms with van der Waals surface area (Å²) in [4.78, 5) is 37.1. The van der Waals surface area contributed by atoms with Crippen molar-refractivity contribution in [2.24, 2.45) is 0 Å². The molecule has 0 bridgehead atoms. The Labute approximate surface area is 388 Å². The maximum absolute atomic E-state index is 12.8. The van der Waals surface area contributed by atoms with Gasteiger partial charge in [0.25, 0.3) is 0 Å². The van der Waals surface area contributed by atoms with Gasteiger partial charge in [0.2, 0.25) is 0 Å². The highest BCUT2D eigenvalue weighted by Crippen LogP contribution is 2.15. The summed E-state index contributed by atoms with van der Waals surface area (Å²) < 4.78 is 17.3. The first kappa shape index (κ1) is 60.3. The second-order valence-corrected chi connectivity index (χ2v) is 18.8. The summed E-state index contributed by atoms with van der Waals surface area (Å²) in [6.45, 7) is 4.70. The molecule has 0 aromatic heterocycles. The highest BCUT2D eigenvalue weighted by atomic mass is 16.6. The van der Waals surface area contributed by atoms with Crippen molar-refractivity contribution in [2.75, 3.05) is 41.0 Å². The van der Waals surface area contributed by atoms with Crippen LogP contribution in [0.2, 0.25) is 0 Å². The van der Waals surface area contributed by atoms with Crippen LogP contribution in [0.4, 0.5) is 0 Å². The van der Waals surface area contributed by atoms with Crippen molar-refractivity contribution in [2.45, 2.75) is 244 Å². The third-order valence-corrected chi connectivity index (χ3v) is 11.7.